The van der Waals surface area contributed by atoms with Gasteiger partial charge >= 0.3 is 7.12 Å². The smallest absolute Gasteiger partial charge is 0.403 e. The van der Waals surface area contributed by atoms with E-state index >= 15 is 0 Å². The van der Waals surface area contributed by atoms with Crippen molar-refractivity contribution in [3.8, 4) is 0 Å². The third kappa shape index (κ3) is 1.77. The molecule has 0 aromatic heterocycles. The maximum absolute atomic E-state index is 6.19. The van der Waals surface area contributed by atoms with Crippen molar-refractivity contribution in [2.45, 2.75) is 83.2 Å². The van der Waals surface area contributed by atoms with Gasteiger partial charge in [-0.3, -0.25) is 0 Å². The molecule has 1 unspecified atom stereocenters. The molecule has 0 N–H and O–H groups in total. The average molecular weight is 236 g/mol. The van der Waals surface area contributed by atoms with Gasteiger partial charge in [0.2, 0.25) is 0 Å². The van der Waals surface area contributed by atoms with Crippen LogP contribution in [0.1, 0.15) is 66.2 Å². The Morgan fingerprint density at radius 3 is 1.94 bits per heavy atom. The number of hydrogen-bond donors (Lipinski definition) is 0. The summed E-state index contributed by atoms with van der Waals surface area (Å²) < 4.78 is 12.4. The molecule has 17 heavy (non-hydrogen) atoms. The second kappa shape index (κ2) is 3.51. The zero-order valence-corrected chi connectivity index (χ0v) is 11.7. The molecule has 0 amide bonds. The summed E-state index contributed by atoms with van der Waals surface area (Å²) in [4.78, 5) is 0. The summed E-state index contributed by atoms with van der Waals surface area (Å²) in [6, 6.07) is 0. The summed E-state index contributed by atoms with van der Waals surface area (Å²) in [6.45, 7) is 8.62. The highest BCUT2D eigenvalue weighted by Crippen LogP contribution is 2.68. The summed E-state index contributed by atoms with van der Waals surface area (Å²) in [7, 11) is 0.0538. The van der Waals surface area contributed by atoms with E-state index in [2.05, 4.69) is 27.7 Å². The fraction of sp³-hybridized carbons (Fsp3) is 1.00. The van der Waals surface area contributed by atoms with Gasteiger partial charge in [0.25, 0.3) is 0 Å². The molecule has 3 aliphatic rings. The standard InChI is InChI=1S/C14H25BO2/c1-12(2)13(3,4)17-15(16-12)11-10-14(11)8-6-5-7-9-14/h11H,5-10H2,1-4H3. The number of hydrogen-bond acceptors (Lipinski definition) is 2. The molecule has 2 aliphatic carbocycles. The molecule has 1 aliphatic heterocycles. The van der Waals surface area contributed by atoms with Gasteiger partial charge in [0.05, 0.1) is 11.2 Å². The quantitative estimate of drug-likeness (QED) is 0.644. The first-order chi connectivity index (χ1) is 7.86. The second-order valence-corrected chi connectivity index (χ2v) is 7.36. The van der Waals surface area contributed by atoms with Gasteiger partial charge in [-0.25, -0.2) is 0 Å². The van der Waals surface area contributed by atoms with Crippen molar-refractivity contribution in [2.24, 2.45) is 5.41 Å². The lowest BCUT2D eigenvalue weighted by Crippen LogP contribution is -2.41. The lowest BCUT2D eigenvalue weighted by Gasteiger charge is -2.32. The van der Waals surface area contributed by atoms with E-state index in [1.165, 1.54) is 38.5 Å². The molecule has 0 aromatic rings. The first-order valence-corrected chi connectivity index (χ1v) is 7.22. The van der Waals surface area contributed by atoms with E-state index in [-0.39, 0.29) is 18.3 Å². The van der Waals surface area contributed by atoms with Gasteiger partial charge in [-0.05, 0) is 52.4 Å². The van der Waals surface area contributed by atoms with Crippen LogP contribution in [0.5, 0.6) is 0 Å². The zero-order valence-electron chi connectivity index (χ0n) is 11.7. The Labute approximate surface area is 106 Å². The Hall–Kier alpha value is -0.0151. The fourth-order valence-electron chi connectivity index (χ4n) is 3.65. The van der Waals surface area contributed by atoms with E-state index < -0.39 is 0 Å². The molecule has 1 heterocycles. The molecule has 0 aromatic carbocycles. The van der Waals surface area contributed by atoms with Crippen LogP contribution >= 0.6 is 0 Å². The molecular weight excluding hydrogens is 211 g/mol. The van der Waals surface area contributed by atoms with E-state index in [9.17, 15) is 0 Å². The van der Waals surface area contributed by atoms with Crippen molar-refractivity contribution in [3.63, 3.8) is 0 Å². The van der Waals surface area contributed by atoms with E-state index in [4.69, 9.17) is 9.31 Å². The summed E-state index contributed by atoms with van der Waals surface area (Å²) in [6.07, 6.45) is 8.40. The average Bonchev–Trinajstić information content (AvgIpc) is 2.85. The van der Waals surface area contributed by atoms with Gasteiger partial charge < -0.3 is 9.31 Å². The minimum absolute atomic E-state index is 0.0538. The third-order valence-corrected chi connectivity index (χ3v) is 5.70. The molecule has 0 bridgehead atoms. The Bertz CT molecular complexity index is 302. The molecule has 2 nitrogen and oxygen atoms in total. The van der Waals surface area contributed by atoms with Crippen LogP contribution in [0.15, 0.2) is 0 Å². The minimum atomic E-state index is -0.157. The van der Waals surface area contributed by atoms with Crippen LogP contribution in [0.2, 0.25) is 5.82 Å². The molecule has 1 saturated heterocycles. The molecule has 2 saturated carbocycles. The van der Waals surface area contributed by atoms with Crippen LogP contribution in [0.4, 0.5) is 0 Å². The van der Waals surface area contributed by atoms with Crippen LogP contribution in [0, 0.1) is 5.41 Å². The van der Waals surface area contributed by atoms with Crippen molar-refractivity contribution in [2.75, 3.05) is 0 Å². The molecular formula is C14H25BO2. The molecule has 3 fully saturated rings. The Morgan fingerprint density at radius 1 is 0.882 bits per heavy atom. The number of rotatable bonds is 1. The van der Waals surface area contributed by atoms with Gasteiger partial charge in [0, 0.05) is 5.82 Å². The molecule has 96 valence electrons. The van der Waals surface area contributed by atoms with Crippen molar-refractivity contribution in [1.82, 2.24) is 0 Å². The first-order valence-electron chi connectivity index (χ1n) is 7.22. The fourth-order valence-corrected chi connectivity index (χ4v) is 3.65. The van der Waals surface area contributed by atoms with Crippen LogP contribution in [-0.4, -0.2) is 18.3 Å². The third-order valence-electron chi connectivity index (χ3n) is 5.70. The highest BCUT2D eigenvalue weighted by molar-refractivity contribution is 6.49. The predicted molar refractivity (Wildman–Crippen MR) is 70.0 cm³/mol. The first kappa shape index (κ1) is 12.0. The zero-order chi connectivity index (χ0) is 12.3. The lowest BCUT2D eigenvalue weighted by atomic mass is 9.72. The highest BCUT2D eigenvalue weighted by atomic mass is 16.7. The van der Waals surface area contributed by atoms with Gasteiger partial charge in [0.15, 0.2) is 0 Å². The van der Waals surface area contributed by atoms with E-state index in [0.717, 1.165) is 0 Å². The van der Waals surface area contributed by atoms with Crippen LogP contribution in [-0.2, 0) is 9.31 Å². The van der Waals surface area contributed by atoms with E-state index in [1.54, 1.807) is 0 Å². The molecule has 1 atom stereocenters. The van der Waals surface area contributed by atoms with Crippen molar-refractivity contribution < 1.29 is 9.31 Å². The van der Waals surface area contributed by atoms with E-state index in [0.29, 0.717) is 11.2 Å². The SMILES string of the molecule is CC1(C)OB(C2CC23CCCCC3)OC1(C)C. The van der Waals surface area contributed by atoms with Gasteiger partial charge in [-0.1, -0.05) is 19.3 Å². The largest absolute Gasteiger partial charge is 0.461 e. The minimum Gasteiger partial charge on any atom is -0.403 e. The van der Waals surface area contributed by atoms with Crippen LogP contribution < -0.4 is 0 Å². The summed E-state index contributed by atoms with van der Waals surface area (Å²) >= 11 is 0. The maximum atomic E-state index is 6.19. The second-order valence-electron chi connectivity index (χ2n) is 7.36. The Balaban J connectivity index is 1.69. The van der Waals surface area contributed by atoms with E-state index in [1.807, 2.05) is 0 Å². The van der Waals surface area contributed by atoms with Crippen molar-refractivity contribution in [3.05, 3.63) is 0 Å². The topological polar surface area (TPSA) is 18.5 Å². The molecule has 1 spiro atoms. The van der Waals surface area contributed by atoms with Crippen LogP contribution in [0.25, 0.3) is 0 Å². The monoisotopic (exact) mass is 236 g/mol. The summed E-state index contributed by atoms with van der Waals surface area (Å²) in [5.41, 5.74) is 0.283. The molecule has 3 rings (SSSR count). The van der Waals surface area contributed by atoms with Crippen molar-refractivity contribution >= 4 is 7.12 Å². The Morgan fingerprint density at radius 2 is 1.41 bits per heavy atom. The van der Waals surface area contributed by atoms with Gasteiger partial charge in [-0.15, -0.1) is 0 Å². The highest BCUT2D eigenvalue weighted by Gasteiger charge is 2.65. The summed E-state index contributed by atoms with van der Waals surface area (Å²) in [5.74, 6) is 0.670. The molecule has 3 heteroatoms. The summed E-state index contributed by atoms with van der Waals surface area (Å²) in [5, 5.41) is 0. The Kier molecular flexibility index (Phi) is 2.49. The van der Waals surface area contributed by atoms with Gasteiger partial charge in [0.1, 0.15) is 0 Å². The normalized spacial score (nSPS) is 37.4. The van der Waals surface area contributed by atoms with Crippen LogP contribution in [0.3, 0.4) is 0 Å². The lowest BCUT2D eigenvalue weighted by molar-refractivity contribution is 0.00578. The maximum Gasteiger partial charge on any atom is 0.461 e. The predicted octanol–water partition coefficient (Wildman–Crippen LogP) is 3.80. The van der Waals surface area contributed by atoms with Crippen molar-refractivity contribution in [1.29, 1.82) is 0 Å². The molecule has 0 radical (unpaired) electrons. The van der Waals surface area contributed by atoms with Gasteiger partial charge in [-0.2, -0.15) is 0 Å².